The summed E-state index contributed by atoms with van der Waals surface area (Å²) in [5.41, 5.74) is 0.870. The number of halogens is 1. The van der Waals surface area contributed by atoms with E-state index >= 15 is 0 Å². The monoisotopic (exact) mass is 407 g/mol. The molecule has 1 atom stereocenters. The molecule has 7 nitrogen and oxygen atoms in total. The zero-order valence-corrected chi connectivity index (χ0v) is 16.8. The van der Waals surface area contributed by atoms with Crippen LogP contribution in [-0.4, -0.2) is 44.9 Å². The first-order valence-electron chi connectivity index (χ1n) is 8.46. The molecule has 1 heterocycles. The van der Waals surface area contributed by atoms with Crippen molar-refractivity contribution >= 4 is 35.2 Å². The Morgan fingerprint density at radius 2 is 2.04 bits per heavy atom. The summed E-state index contributed by atoms with van der Waals surface area (Å²) in [6, 6.07) is 6.70. The number of nitrogens with zero attached hydrogens (tertiary/aromatic N) is 3. The van der Waals surface area contributed by atoms with Crippen molar-refractivity contribution < 1.29 is 9.59 Å². The van der Waals surface area contributed by atoms with Crippen molar-refractivity contribution in [1.29, 1.82) is 0 Å². The molecule has 0 spiro atoms. The van der Waals surface area contributed by atoms with Gasteiger partial charge in [-0.25, -0.2) is 0 Å². The molecule has 0 aliphatic rings. The molecule has 2 rings (SSSR count). The number of allylic oxidation sites excluding steroid dienone is 1. The Morgan fingerprint density at radius 3 is 2.67 bits per heavy atom. The number of carbonyl (C=O) groups is 2. The Labute approximate surface area is 167 Å². The van der Waals surface area contributed by atoms with Crippen molar-refractivity contribution in [1.82, 2.24) is 25.4 Å². The van der Waals surface area contributed by atoms with Gasteiger partial charge in [-0.05, 0) is 38.1 Å². The zero-order valence-electron chi connectivity index (χ0n) is 15.2. The van der Waals surface area contributed by atoms with Gasteiger partial charge in [0.15, 0.2) is 11.0 Å². The standard InChI is InChI=1S/C18H22ClN5O2S/c1-4-10-24-16(13-6-8-14(19)9-7-13)22-23-18(24)27-11-15(25)21-12(3)17(26)20-5-2/h4,6-9,12H,1,5,10-11H2,2-3H3,(H,20,26)(H,21,25)/t12-/m1/s1. The number of likely N-dealkylation sites (N-methyl/N-ethyl adjacent to an activating group) is 1. The summed E-state index contributed by atoms with van der Waals surface area (Å²) in [5.74, 6) is 0.334. The summed E-state index contributed by atoms with van der Waals surface area (Å²) in [6.07, 6.45) is 1.74. The average molecular weight is 408 g/mol. The number of nitrogens with one attached hydrogen (secondary N) is 2. The number of rotatable bonds is 9. The van der Waals surface area contributed by atoms with Crippen LogP contribution in [0.2, 0.25) is 5.02 Å². The lowest BCUT2D eigenvalue weighted by Gasteiger charge is -2.13. The number of hydrogen-bond acceptors (Lipinski definition) is 5. The second-order valence-corrected chi connectivity index (χ2v) is 7.06. The maximum absolute atomic E-state index is 12.1. The van der Waals surface area contributed by atoms with Gasteiger partial charge < -0.3 is 10.6 Å². The minimum atomic E-state index is -0.589. The summed E-state index contributed by atoms with van der Waals surface area (Å²) in [4.78, 5) is 23.8. The lowest BCUT2D eigenvalue weighted by Crippen LogP contribution is -2.45. The molecule has 9 heteroatoms. The van der Waals surface area contributed by atoms with Crippen LogP contribution in [0.3, 0.4) is 0 Å². The summed E-state index contributed by atoms with van der Waals surface area (Å²) in [5, 5.41) is 15.0. The molecule has 27 heavy (non-hydrogen) atoms. The Morgan fingerprint density at radius 1 is 1.33 bits per heavy atom. The van der Waals surface area contributed by atoms with Crippen LogP contribution in [0.4, 0.5) is 0 Å². The third-order valence-electron chi connectivity index (χ3n) is 3.59. The lowest BCUT2D eigenvalue weighted by molar-refractivity contribution is -0.127. The Hall–Kier alpha value is -2.32. The molecule has 2 amide bonds. The fraction of sp³-hybridized carbons (Fsp3) is 0.333. The van der Waals surface area contributed by atoms with Crippen LogP contribution in [0.1, 0.15) is 13.8 Å². The SMILES string of the molecule is C=CCn1c(SCC(=O)N[C@H](C)C(=O)NCC)nnc1-c1ccc(Cl)cc1. The van der Waals surface area contributed by atoms with Crippen LogP contribution in [0.25, 0.3) is 11.4 Å². The fourth-order valence-electron chi connectivity index (χ4n) is 2.31. The molecule has 0 fully saturated rings. The van der Waals surface area contributed by atoms with Gasteiger partial charge in [0.05, 0.1) is 5.75 Å². The molecular weight excluding hydrogens is 386 g/mol. The zero-order chi connectivity index (χ0) is 19.8. The normalized spacial score (nSPS) is 11.7. The fourth-order valence-corrected chi connectivity index (χ4v) is 3.19. The molecular formula is C18H22ClN5O2S. The minimum Gasteiger partial charge on any atom is -0.355 e. The van der Waals surface area contributed by atoms with Gasteiger partial charge in [0.25, 0.3) is 0 Å². The molecule has 0 unspecified atom stereocenters. The molecule has 0 aliphatic heterocycles. The van der Waals surface area contributed by atoms with Crippen LogP contribution in [0.5, 0.6) is 0 Å². The number of benzene rings is 1. The number of hydrogen-bond donors (Lipinski definition) is 2. The highest BCUT2D eigenvalue weighted by Gasteiger charge is 2.17. The van der Waals surface area contributed by atoms with Crippen LogP contribution in [0, 0.1) is 0 Å². The molecule has 0 saturated heterocycles. The first-order chi connectivity index (χ1) is 13.0. The lowest BCUT2D eigenvalue weighted by atomic mass is 10.2. The maximum Gasteiger partial charge on any atom is 0.242 e. The van der Waals surface area contributed by atoms with E-state index < -0.39 is 6.04 Å². The van der Waals surface area contributed by atoms with Gasteiger partial charge in [0.1, 0.15) is 6.04 Å². The van der Waals surface area contributed by atoms with Crippen LogP contribution >= 0.6 is 23.4 Å². The van der Waals surface area contributed by atoms with Gasteiger partial charge in [-0.15, -0.1) is 16.8 Å². The van der Waals surface area contributed by atoms with Gasteiger partial charge >= 0.3 is 0 Å². The third kappa shape index (κ3) is 5.83. The predicted molar refractivity (Wildman–Crippen MR) is 108 cm³/mol. The molecule has 0 saturated carbocycles. The Balaban J connectivity index is 2.06. The first-order valence-corrected chi connectivity index (χ1v) is 9.82. The molecule has 2 aromatic rings. The van der Waals surface area contributed by atoms with E-state index in [9.17, 15) is 9.59 Å². The van der Waals surface area contributed by atoms with E-state index in [1.165, 1.54) is 11.8 Å². The van der Waals surface area contributed by atoms with E-state index in [-0.39, 0.29) is 17.6 Å². The maximum atomic E-state index is 12.1. The quantitative estimate of drug-likeness (QED) is 0.492. The minimum absolute atomic E-state index is 0.125. The highest BCUT2D eigenvalue weighted by Crippen LogP contribution is 2.25. The van der Waals surface area contributed by atoms with Gasteiger partial charge in [-0.2, -0.15) is 0 Å². The third-order valence-corrected chi connectivity index (χ3v) is 4.80. The van der Waals surface area contributed by atoms with Crippen molar-refractivity contribution in [3.05, 3.63) is 41.9 Å². The van der Waals surface area contributed by atoms with Crippen molar-refractivity contribution in [2.45, 2.75) is 31.6 Å². The summed E-state index contributed by atoms with van der Waals surface area (Å²) in [7, 11) is 0. The Bertz CT molecular complexity index is 807. The highest BCUT2D eigenvalue weighted by atomic mass is 35.5. The van der Waals surface area contributed by atoms with E-state index in [0.717, 1.165) is 5.56 Å². The topological polar surface area (TPSA) is 88.9 Å². The largest absolute Gasteiger partial charge is 0.355 e. The molecule has 0 aliphatic carbocycles. The van der Waals surface area contributed by atoms with E-state index in [0.29, 0.717) is 29.1 Å². The van der Waals surface area contributed by atoms with E-state index in [1.807, 2.05) is 23.6 Å². The van der Waals surface area contributed by atoms with E-state index in [4.69, 9.17) is 11.6 Å². The van der Waals surface area contributed by atoms with Crippen molar-refractivity contribution in [3.63, 3.8) is 0 Å². The molecule has 2 N–H and O–H groups in total. The number of aromatic nitrogens is 3. The summed E-state index contributed by atoms with van der Waals surface area (Å²) in [6.45, 7) is 8.26. The molecule has 1 aromatic heterocycles. The van der Waals surface area contributed by atoms with Crippen molar-refractivity contribution in [2.75, 3.05) is 12.3 Å². The van der Waals surface area contributed by atoms with Crippen LogP contribution < -0.4 is 10.6 Å². The van der Waals surface area contributed by atoms with E-state index in [2.05, 4.69) is 27.4 Å². The summed E-state index contributed by atoms with van der Waals surface area (Å²) >= 11 is 7.19. The molecule has 0 bridgehead atoms. The average Bonchev–Trinajstić information content (AvgIpc) is 3.04. The van der Waals surface area contributed by atoms with Crippen LogP contribution in [0.15, 0.2) is 42.1 Å². The van der Waals surface area contributed by atoms with Gasteiger partial charge in [-0.1, -0.05) is 29.4 Å². The van der Waals surface area contributed by atoms with Crippen LogP contribution in [-0.2, 0) is 16.1 Å². The smallest absolute Gasteiger partial charge is 0.242 e. The van der Waals surface area contributed by atoms with Crippen molar-refractivity contribution in [3.8, 4) is 11.4 Å². The predicted octanol–water partition coefficient (Wildman–Crippen LogP) is 2.52. The van der Waals surface area contributed by atoms with E-state index in [1.54, 1.807) is 25.1 Å². The second-order valence-electron chi connectivity index (χ2n) is 5.68. The number of amides is 2. The molecule has 1 aromatic carbocycles. The molecule has 144 valence electrons. The van der Waals surface area contributed by atoms with Gasteiger partial charge in [0, 0.05) is 23.7 Å². The van der Waals surface area contributed by atoms with Gasteiger partial charge in [-0.3, -0.25) is 14.2 Å². The highest BCUT2D eigenvalue weighted by molar-refractivity contribution is 7.99. The first kappa shape index (κ1) is 21.0. The summed E-state index contributed by atoms with van der Waals surface area (Å²) < 4.78 is 1.88. The number of thioether (sulfide) groups is 1. The second kappa shape index (κ2) is 10.1. The van der Waals surface area contributed by atoms with Crippen molar-refractivity contribution in [2.24, 2.45) is 0 Å². The molecule has 0 radical (unpaired) electrons. The van der Waals surface area contributed by atoms with Gasteiger partial charge in [0.2, 0.25) is 11.8 Å². The number of carbonyl (C=O) groups excluding carboxylic acids is 2. The Kier molecular flexibility index (Phi) is 7.87.